The van der Waals surface area contributed by atoms with Gasteiger partial charge in [0.15, 0.2) is 0 Å². The lowest BCUT2D eigenvalue weighted by Gasteiger charge is -2.35. The molecule has 0 fully saturated rings. The Bertz CT molecular complexity index is 3310. The summed E-state index contributed by atoms with van der Waals surface area (Å²) in [6.45, 7) is 4.70. The highest BCUT2D eigenvalue weighted by molar-refractivity contribution is 5.90. The summed E-state index contributed by atoms with van der Waals surface area (Å²) in [5, 5.41) is 0. The first-order valence-corrected chi connectivity index (χ1v) is 22.7. The van der Waals surface area contributed by atoms with Crippen molar-refractivity contribution in [3.63, 3.8) is 0 Å². The Morgan fingerprint density at radius 3 is 1.20 bits per heavy atom. The largest absolute Gasteiger partial charge is 0.310 e. The van der Waals surface area contributed by atoms with Crippen molar-refractivity contribution in [2.75, 3.05) is 4.90 Å². The number of hydrogen-bond acceptors (Lipinski definition) is 1. The molecule has 0 aliphatic heterocycles. The zero-order valence-corrected chi connectivity index (χ0v) is 36.6. The van der Waals surface area contributed by atoms with Gasteiger partial charge in [-0.15, -0.1) is 0 Å². The van der Waals surface area contributed by atoms with Crippen molar-refractivity contribution >= 4 is 17.1 Å². The molecule has 0 saturated heterocycles. The van der Waals surface area contributed by atoms with Gasteiger partial charge in [-0.25, -0.2) is 0 Å². The lowest BCUT2D eigenvalue weighted by molar-refractivity contribution is 0.660. The quantitative estimate of drug-likeness (QED) is 0.147. The van der Waals surface area contributed by atoms with Crippen molar-refractivity contribution < 1.29 is 0 Å². The molecule has 0 aromatic heterocycles. The topological polar surface area (TPSA) is 3.24 Å². The van der Waals surface area contributed by atoms with E-state index in [0.717, 1.165) is 17.1 Å². The summed E-state index contributed by atoms with van der Waals surface area (Å²) in [6.07, 6.45) is 0. The molecule has 10 aromatic carbocycles. The molecule has 1 nitrogen and oxygen atoms in total. The number of fused-ring (bicyclic) bond motifs is 6. The maximum absolute atomic E-state index is 2.45. The second kappa shape index (κ2) is 15.4. The molecule has 0 spiro atoms. The average molecular weight is 830 g/mol. The molecule has 0 radical (unpaired) electrons. The minimum Gasteiger partial charge on any atom is -0.310 e. The van der Waals surface area contributed by atoms with E-state index in [-0.39, 0.29) is 5.41 Å². The number of nitrogens with zero attached hydrogens (tertiary/aromatic N) is 1. The Balaban J connectivity index is 0.944. The molecular weight excluding hydrogens is 783 g/mol. The fourth-order valence-corrected chi connectivity index (χ4v) is 11.0. The molecule has 308 valence electrons. The van der Waals surface area contributed by atoms with Crippen LogP contribution in [-0.4, -0.2) is 0 Å². The molecule has 0 atom stereocenters. The van der Waals surface area contributed by atoms with Gasteiger partial charge in [-0.1, -0.05) is 220 Å². The van der Waals surface area contributed by atoms with Gasteiger partial charge in [0.2, 0.25) is 0 Å². The highest BCUT2D eigenvalue weighted by Crippen LogP contribution is 2.57. The Labute approximate surface area is 382 Å². The van der Waals surface area contributed by atoms with Gasteiger partial charge in [-0.05, 0) is 131 Å². The highest BCUT2D eigenvalue weighted by Gasteiger charge is 2.46. The molecule has 0 amide bonds. The third-order valence-electron chi connectivity index (χ3n) is 14.2. The molecule has 2 aliphatic carbocycles. The van der Waals surface area contributed by atoms with Crippen molar-refractivity contribution in [1.82, 2.24) is 0 Å². The fourth-order valence-electron chi connectivity index (χ4n) is 11.0. The first kappa shape index (κ1) is 38.7. The summed E-state index contributed by atoms with van der Waals surface area (Å²) >= 11 is 0. The summed E-state index contributed by atoms with van der Waals surface area (Å²) in [5.74, 6) is 0. The van der Waals surface area contributed by atoms with Gasteiger partial charge in [0.1, 0.15) is 0 Å². The van der Waals surface area contributed by atoms with Crippen LogP contribution in [0.15, 0.2) is 249 Å². The van der Waals surface area contributed by atoms with E-state index in [1.54, 1.807) is 0 Å². The van der Waals surface area contributed by atoms with E-state index in [4.69, 9.17) is 0 Å². The van der Waals surface area contributed by atoms with Crippen LogP contribution >= 0.6 is 0 Å². The molecule has 0 bridgehead atoms. The fraction of sp³-hybridized carbons (Fsp3) is 0.0625. The van der Waals surface area contributed by atoms with Crippen molar-refractivity contribution in [3.8, 4) is 55.6 Å². The average Bonchev–Trinajstić information content (AvgIpc) is 3.80. The van der Waals surface area contributed by atoms with Gasteiger partial charge < -0.3 is 4.90 Å². The maximum atomic E-state index is 2.45. The number of hydrogen-bond donors (Lipinski definition) is 0. The van der Waals surface area contributed by atoms with E-state index < -0.39 is 5.41 Å². The smallest absolute Gasteiger partial charge is 0.0714 e. The molecule has 0 saturated carbocycles. The standard InChI is InChI=1S/C64H47N/c1-63(2)59-24-14-12-22-55(59)57-40-34-49(42-61(57)63)48-28-26-45(27-29-48)47-32-37-53(38-33-47)65(52-35-30-46(31-36-52)44-16-6-3-7-17-44)54-39-41-58-56-23-13-15-25-60(56)64(62(58)43-54,50-18-8-4-9-19-50)51-20-10-5-11-21-51/h3-43H,1-2H3. The summed E-state index contributed by atoms with van der Waals surface area (Å²) in [5.41, 5.74) is 23.2. The third-order valence-corrected chi connectivity index (χ3v) is 14.2. The predicted molar refractivity (Wildman–Crippen MR) is 272 cm³/mol. The van der Waals surface area contributed by atoms with E-state index in [1.807, 2.05) is 0 Å². The lowest BCUT2D eigenvalue weighted by atomic mass is 9.67. The van der Waals surface area contributed by atoms with Gasteiger partial charge in [-0.3, -0.25) is 0 Å². The van der Waals surface area contributed by atoms with Crippen LogP contribution in [0.5, 0.6) is 0 Å². The van der Waals surface area contributed by atoms with E-state index >= 15 is 0 Å². The minimum atomic E-state index is -0.496. The van der Waals surface area contributed by atoms with Crippen molar-refractivity contribution in [2.24, 2.45) is 0 Å². The molecule has 0 unspecified atom stereocenters. The normalized spacial score (nSPS) is 13.6. The molecular formula is C64H47N. The molecule has 1 heteroatoms. The van der Waals surface area contributed by atoms with E-state index in [2.05, 4.69) is 267 Å². The van der Waals surface area contributed by atoms with E-state index in [0.29, 0.717) is 0 Å². The van der Waals surface area contributed by atoms with Crippen LogP contribution in [0.25, 0.3) is 55.6 Å². The van der Waals surface area contributed by atoms with Crippen LogP contribution in [0.3, 0.4) is 0 Å². The summed E-state index contributed by atoms with van der Waals surface area (Å²) in [6, 6.07) is 91.9. The van der Waals surface area contributed by atoms with E-state index in [1.165, 1.54) is 89.0 Å². The molecule has 0 N–H and O–H groups in total. The minimum absolute atomic E-state index is 0.0286. The van der Waals surface area contributed by atoms with Crippen LogP contribution in [0.4, 0.5) is 17.1 Å². The van der Waals surface area contributed by atoms with E-state index in [9.17, 15) is 0 Å². The van der Waals surface area contributed by atoms with Crippen LogP contribution in [0.2, 0.25) is 0 Å². The first-order valence-electron chi connectivity index (χ1n) is 22.7. The van der Waals surface area contributed by atoms with Crippen molar-refractivity contribution in [3.05, 3.63) is 282 Å². The molecule has 10 aromatic rings. The monoisotopic (exact) mass is 829 g/mol. The second-order valence-electron chi connectivity index (χ2n) is 18.1. The first-order chi connectivity index (χ1) is 32.0. The van der Waals surface area contributed by atoms with Crippen LogP contribution in [-0.2, 0) is 10.8 Å². The summed E-state index contributed by atoms with van der Waals surface area (Å²) in [7, 11) is 0. The zero-order valence-electron chi connectivity index (χ0n) is 36.6. The summed E-state index contributed by atoms with van der Waals surface area (Å²) < 4.78 is 0. The van der Waals surface area contributed by atoms with Gasteiger partial charge in [-0.2, -0.15) is 0 Å². The Hall–Kier alpha value is -8.00. The molecule has 65 heavy (non-hydrogen) atoms. The van der Waals surface area contributed by atoms with Crippen molar-refractivity contribution in [1.29, 1.82) is 0 Å². The van der Waals surface area contributed by atoms with Gasteiger partial charge in [0, 0.05) is 22.5 Å². The Kier molecular flexibility index (Phi) is 9.14. The molecule has 12 rings (SSSR count). The summed E-state index contributed by atoms with van der Waals surface area (Å²) in [4.78, 5) is 2.42. The maximum Gasteiger partial charge on any atom is 0.0714 e. The van der Waals surface area contributed by atoms with Gasteiger partial charge in [0.05, 0.1) is 5.41 Å². The molecule has 0 heterocycles. The van der Waals surface area contributed by atoms with Crippen LogP contribution < -0.4 is 4.90 Å². The zero-order chi connectivity index (χ0) is 43.5. The van der Waals surface area contributed by atoms with Crippen LogP contribution in [0.1, 0.15) is 47.2 Å². The van der Waals surface area contributed by atoms with Crippen molar-refractivity contribution in [2.45, 2.75) is 24.7 Å². The highest BCUT2D eigenvalue weighted by atomic mass is 15.1. The number of rotatable bonds is 8. The second-order valence-corrected chi connectivity index (χ2v) is 18.1. The number of benzene rings is 10. The Morgan fingerprint density at radius 2 is 0.631 bits per heavy atom. The SMILES string of the molecule is CC1(C)c2ccccc2-c2ccc(-c3ccc(-c4ccc(N(c5ccc(-c6ccccc6)cc5)c5ccc6c(c5)C(c5ccccc5)(c5ccccc5)c5ccccc5-6)cc4)cc3)cc21. The molecule has 2 aliphatic rings. The third kappa shape index (κ3) is 6.22. The predicted octanol–water partition coefficient (Wildman–Crippen LogP) is 16.8. The van der Waals surface area contributed by atoms with Gasteiger partial charge >= 0.3 is 0 Å². The lowest BCUT2D eigenvalue weighted by Crippen LogP contribution is -2.28. The van der Waals surface area contributed by atoms with Crippen LogP contribution in [0, 0.1) is 0 Å². The van der Waals surface area contributed by atoms with Gasteiger partial charge in [0.25, 0.3) is 0 Å². The Morgan fingerprint density at radius 1 is 0.262 bits per heavy atom. The number of anilines is 3.